The molecule has 0 radical (unpaired) electrons. The van der Waals surface area contributed by atoms with Crippen LogP contribution in [0, 0.1) is 5.92 Å². The fourth-order valence-electron chi connectivity index (χ4n) is 3.17. The van der Waals surface area contributed by atoms with Gasteiger partial charge in [0.1, 0.15) is 5.75 Å². The van der Waals surface area contributed by atoms with E-state index in [0.29, 0.717) is 18.9 Å². The number of carbonyl (C=O) groups excluding carboxylic acids is 1. The maximum absolute atomic E-state index is 11.6. The standard InChI is InChI=1S/C19H29BrN4O2/c1-4-22-19(23-13-15-12-16(20)5-6-17(15)26-3)24-9-7-14(8-10-24)11-18(25)21-2/h5-6,12,14H,4,7-11,13H2,1-3H3,(H,21,25)(H,22,23). The van der Waals surface area contributed by atoms with Crippen molar-refractivity contribution in [2.45, 2.75) is 32.7 Å². The van der Waals surface area contributed by atoms with Gasteiger partial charge in [0, 0.05) is 43.1 Å². The van der Waals surface area contributed by atoms with E-state index in [0.717, 1.165) is 54.2 Å². The van der Waals surface area contributed by atoms with E-state index in [2.05, 4.69) is 38.4 Å². The lowest BCUT2D eigenvalue weighted by molar-refractivity contribution is -0.121. The molecule has 0 saturated carbocycles. The number of methoxy groups -OCH3 is 1. The number of piperidine rings is 1. The van der Waals surface area contributed by atoms with Gasteiger partial charge in [0.15, 0.2) is 5.96 Å². The van der Waals surface area contributed by atoms with Crippen molar-refractivity contribution in [2.24, 2.45) is 10.9 Å². The second kappa shape index (κ2) is 10.4. The summed E-state index contributed by atoms with van der Waals surface area (Å²) in [6.45, 7) is 5.30. The van der Waals surface area contributed by atoms with E-state index in [1.165, 1.54) is 0 Å². The molecular formula is C19H29BrN4O2. The molecule has 0 spiro atoms. The maximum atomic E-state index is 11.6. The van der Waals surface area contributed by atoms with Gasteiger partial charge in [-0.3, -0.25) is 4.79 Å². The summed E-state index contributed by atoms with van der Waals surface area (Å²) >= 11 is 3.51. The highest BCUT2D eigenvalue weighted by atomic mass is 79.9. The van der Waals surface area contributed by atoms with Gasteiger partial charge in [0.25, 0.3) is 0 Å². The fourth-order valence-corrected chi connectivity index (χ4v) is 3.58. The van der Waals surface area contributed by atoms with Gasteiger partial charge in [-0.1, -0.05) is 15.9 Å². The molecule has 1 aliphatic rings. The molecule has 1 saturated heterocycles. The summed E-state index contributed by atoms with van der Waals surface area (Å²) in [6.07, 6.45) is 2.64. The zero-order valence-corrected chi connectivity index (χ0v) is 17.4. The molecule has 1 fully saturated rings. The van der Waals surface area contributed by atoms with E-state index in [1.807, 2.05) is 18.2 Å². The van der Waals surface area contributed by atoms with Crippen LogP contribution in [-0.2, 0) is 11.3 Å². The lowest BCUT2D eigenvalue weighted by atomic mass is 9.93. The highest BCUT2D eigenvalue weighted by Crippen LogP contribution is 2.24. The van der Waals surface area contributed by atoms with E-state index in [-0.39, 0.29) is 5.91 Å². The Kier molecular flexibility index (Phi) is 8.22. The molecule has 0 aliphatic carbocycles. The molecule has 1 aliphatic heterocycles. The largest absolute Gasteiger partial charge is 0.496 e. The Balaban J connectivity index is 2.01. The first-order valence-corrected chi connectivity index (χ1v) is 9.92. The van der Waals surface area contributed by atoms with Crippen molar-refractivity contribution >= 4 is 27.8 Å². The van der Waals surface area contributed by atoms with Gasteiger partial charge in [-0.05, 0) is 43.9 Å². The number of ether oxygens (including phenoxy) is 1. The molecule has 2 rings (SSSR count). The Morgan fingerprint density at radius 3 is 2.73 bits per heavy atom. The van der Waals surface area contributed by atoms with E-state index >= 15 is 0 Å². The second-order valence-electron chi connectivity index (χ2n) is 6.43. The Hall–Kier alpha value is -1.76. The zero-order valence-electron chi connectivity index (χ0n) is 15.8. The Morgan fingerprint density at radius 1 is 1.38 bits per heavy atom. The molecular weight excluding hydrogens is 396 g/mol. The van der Waals surface area contributed by atoms with Crippen LogP contribution in [0.1, 0.15) is 31.7 Å². The molecule has 2 N–H and O–H groups in total. The third kappa shape index (κ3) is 5.90. The molecule has 0 unspecified atom stereocenters. The monoisotopic (exact) mass is 424 g/mol. The van der Waals surface area contributed by atoms with E-state index in [4.69, 9.17) is 9.73 Å². The minimum absolute atomic E-state index is 0.130. The van der Waals surface area contributed by atoms with Crippen LogP contribution in [0.4, 0.5) is 0 Å². The molecule has 1 heterocycles. The van der Waals surface area contributed by atoms with Crippen molar-refractivity contribution in [3.8, 4) is 5.75 Å². The third-order valence-electron chi connectivity index (χ3n) is 4.64. The second-order valence-corrected chi connectivity index (χ2v) is 7.35. The number of amides is 1. The van der Waals surface area contributed by atoms with Crippen LogP contribution in [0.2, 0.25) is 0 Å². The summed E-state index contributed by atoms with van der Waals surface area (Å²) in [6, 6.07) is 5.96. The quantitative estimate of drug-likeness (QED) is 0.544. The molecule has 1 aromatic rings. The summed E-state index contributed by atoms with van der Waals surface area (Å²) in [5, 5.41) is 6.10. The third-order valence-corrected chi connectivity index (χ3v) is 5.14. The number of likely N-dealkylation sites (tertiary alicyclic amines) is 1. The van der Waals surface area contributed by atoms with Crippen molar-refractivity contribution in [3.63, 3.8) is 0 Å². The van der Waals surface area contributed by atoms with Gasteiger partial charge in [-0.25, -0.2) is 4.99 Å². The Bertz CT molecular complexity index is 628. The lowest BCUT2D eigenvalue weighted by Gasteiger charge is -2.34. The molecule has 6 nitrogen and oxygen atoms in total. The van der Waals surface area contributed by atoms with E-state index in [1.54, 1.807) is 14.2 Å². The average molecular weight is 425 g/mol. The first-order chi connectivity index (χ1) is 12.6. The predicted octanol–water partition coefficient (Wildman–Crippen LogP) is 2.77. The number of benzene rings is 1. The Morgan fingerprint density at radius 2 is 2.12 bits per heavy atom. The number of carbonyl (C=O) groups is 1. The van der Waals surface area contributed by atoms with Crippen LogP contribution >= 0.6 is 15.9 Å². The van der Waals surface area contributed by atoms with E-state index in [9.17, 15) is 4.79 Å². The smallest absolute Gasteiger partial charge is 0.220 e. The van der Waals surface area contributed by atoms with Gasteiger partial charge in [-0.15, -0.1) is 0 Å². The van der Waals surface area contributed by atoms with Gasteiger partial charge >= 0.3 is 0 Å². The summed E-state index contributed by atoms with van der Waals surface area (Å²) in [4.78, 5) is 18.7. The average Bonchev–Trinajstić information content (AvgIpc) is 2.66. The van der Waals surface area contributed by atoms with Gasteiger partial charge in [0.05, 0.1) is 13.7 Å². The topological polar surface area (TPSA) is 66.0 Å². The maximum Gasteiger partial charge on any atom is 0.220 e. The number of nitrogens with one attached hydrogen (secondary N) is 2. The van der Waals surface area contributed by atoms with Crippen LogP contribution < -0.4 is 15.4 Å². The molecule has 1 amide bonds. The first kappa shape index (κ1) is 20.6. The van der Waals surface area contributed by atoms with Crippen molar-refractivity contribution in [1.29, 1.82) is 0 Å². The number of guanidine groups is 1. The lowest BCUT2D eigenvalue weighted by Crippen LogP contribution is -2.46. The summed E-state index contributed by atoms with van der Waals surface area (Å²) in [7, 11) is 3.38. The molecule has 7 heteroatoms. The number of nitrogens with zero attached hydrogens (tertiary/aromatic N) is 2. The highest BCUT2D eigenvalue weighted by Gasteiger charge is 2.23. The summed E-state index contributed by atoms with van der Waals surface area (Å²) < 4.78 is 6.45. The number of halogens is 1. The van der Waals surface area contributed by atoms with Gasteiger partial charge in [-0.2, -0.15) is 0 Å². The highest BCUT2D eigenvalue weighted by molar-refractivity contribution is 9.10. The first-order valence-electron chi connectivity index (χ1n) is 9.13. The SMILES string of the molecule is CCNC(=NCc1cc(Br)ccc1OC)N1CCC(CC(=O)NC)CC1. The van der Waals surface area contributed by atoms with Gasteiger partial charge < -0.3 is 20.3 Å². The van der Waals surface area contributed by atoms with Crippen LogP contribution in [0.3, 0.4) is 0 Å². The van der Waals surface area contributed by atoms with Crippen LogP contribution in [0.25, 0.3) is 0 Å². The van der Waals surface area contributed by atoms with Crippen LogP contribution in [0.5, 0.6) is 5.75 Å². The molecule has 0 aromatic heterocycles. The minimum Gasteiger partial charge on any atom is -0.496 e. The predicted molar refractivity (Wildman–Crippen MR) is 108 cm³/mol. The summed E-state index contributed by atoms with van der Waals surface area (Å²) in [5.41, 5.74) is 1.05. The number of rotatable bonds is 6. The zero-order chi connectivity index (χ0) is 18.9. The molecule has 0 bridgehead atoms. The summed E-state index contributed by atoms with van der Waals surface area (Å²) in [5.74, 6) is 2.36. The minimum atomic E-state index is 0.130. The number of aliphatic imine (C=N–C) groups is 1. The van der Waals surface area contributed by atoms with E-state index < -0.39 is 0 Å². The number of hydrogen-bond acceptors (Lipinski definition) is 3. The molecule has 26 heavy (non-hydrogen) atoms. The van der Waals surface area contributed by atoms with Crippen molar-refractivity contribution < 1.29 is 9.53 Å². The molecule has 0 atom stereocenters. The molecule has 144 valence electrons. The van der Waals surface area contributed by atoms with Crippen molar-refractivity contribution in [3.05, 3.63) is 28.2 Å². The van der Waals surface area contributed by atoms with Crippen LogP contribution in [-0.4, -0.2) is 50.6 Å². The molecule has 1 aromatic carbocycles. The number of hydrogen-bond donors (Lipinski definition) is 2. The van der Waals surface area contributed by atoms with Gasteiger partial charge in [0.2, 0.25) is 5.91 Å². The normalized spacial score (nSPS) is 15.7. The Labute approximate surface area is 164 Å². The van der Waals surface area contributed by atoms with Crippen LogP contribution in [0.15, 0.2) is 27.7 Å². The van der Waals surface area contributed by atoms with Crippen molar-refractivity contribution in [2.75, 3.05) is 33.8 Å². The van der Waals surface area contributed by atoms with Crippen molar-refractivity contribution in [1.82, 2.24) is 15.5 Å². The fraction of sp³-hybridized carbons (Fsp3) is 0.579.